The van der Waals surface area contributed by atoms with Gasteiger partial charge >= 0.3 is 0 Å². The third-order valence-electron chi connectivity index (χ3n) is 3.78. The van der Waals surface area contributed by atoms with Crippen LogP contribution < -0.4 is 4.90 Å². The van der Waals surface area contributed by atoms with Gasteiger partial charge in [-0.25, -0.2) is 4.98 Å². The normalized spacial score (nSPS) is 19.9. The number of rotatable bonds is 2. The first-order valence-electron chi connectivity index (χ1n) is 6.69. The van der Waals surface area contributed by atoms with Crippen molar-refractivity contribution >= 4 is 28.2 Å². The van der Waals surface area contributed by atoms with Crippen molar-refractivity contribution in [3.05, 3.63) is 35.5 Å². The van der Waals surface area contributed by atoms with Gasteiger partial charge in [0.2, 0.25) is 0 Å². The smallest absolute Gasteiger partial charge is 0.139 e. The Kier molecular flexibility index (Phi) is 3.58. The predicted molar refractivity (Wildman–Crippen MR) is 78.8 cm³/mol. The molecule has 1 saturated heterocycles. The summed E-state index contributed by atoms with van der Waals surface area (Å²) in [5.74, 6) is 1.27. The van der Waals surface area contributed by atoms with E-state index in [2.05, 4.69) is 22.0 Å². The Bertz CT molecular complexity index is 587. The van der Waals surface area contributed by atoms with Crippen molar-refractivity contribution in [3.8, 4) is 0 Å². The minimum absolute atomic E-state index is 0.248. The third-order valence-corrected chi connectivity index (χ3v) is 4.07. The number of anilines is 1. The fourth-order valence-electron chi connectivity index (χ4n) is 2.73. The first-order valence-corrected chi connectivity index (χ1v) is 7.07. The summed E-state index contributed by atoms with van der Waals surface area (Å²) in [7, 11) is 0. The van der Waals surface area contributed by atoms with E-state index in [1.54, 1.807) is 0 Å². The van der Waals surface area contributed by atoms with E-state index in [-0.39, 0.29) is 6.61 Å². The first kappa shape index (κ1) is 12.7. The molecule has 3 nitrogen and oxygen atoms in total. The van der Waals surface area contributed by atoms with E-state index in [1.807, 2.05) is 18.2 Å². The Balaban J connectivity index is 1.96. The van der Waals surface area contributed by atoms with Crippen LogP contribution >= 0.6 is 11.6 Å². The Hall–Kier alpha value is -1.32. The van der Waals surface area contributed by atoms with Crippen molar-refractivity contribution in [1.29, 1.82) is 0 Å². The number of pyridine rings is 1. The molecule has 100 valence electrons. The molecule has 1 aromatic carbocycles. The average Bonchev–Trinajstić information content (AvgIpc) is 2.47. The Morgan fingerprint density at radius 3 is 3.05 bits per heavy atom. The summed E-state index contributed by atoms with van der Waals surface area (Å²) in [5, 5.41) is 12.0. The van der Waals surface area contributed by atoms with Gasteiger partial charge in [0.25, 0.3) is 0 Å². The van der Waals surface area contributed by atoms with Crippen molar-refractivity contribution in [2.75, 3.05) is 24.6 Å². The van der Waals surface area contributed by atoms with Crippen LogP contribution in [0.2, 0.25) is 5.15 Å². The number of piperidine rings is 1. The highest BCUT2D eigenvalue weighted by Gasteiger charge is 2.20. The van der Waals surface area contributed by atoms with Gasteiger partial charge in [-0.2, -0.15) is 0 Å². The molecule has 1 atom stereocenters. The van der Waals surface area contributed by atoms with E-state index >= 15 is 0 Å². The summed E-state index contributed by atoms with van der Waals surface area (Å²) in [4.78, 5) is 6.73. The SMILES string of the molecule is OCC1CCCN(c2cc3ccccc3c(Cl)n2)C1. The van der Waals surface area contributed by atoms with Crippen molar-refractivity contribution in [1.82, 2.24) is 4.98 Å². The van der Waals surface area contributed by atoms with Gasteiger partial charge in [-0.05, 0) is 30.2 Å². The standard InChI is InChI=1S/C15H17ClN2O/c16-15-13-6-2-1-5-12(13)8-14(17-15)18-7-3-4-11(9-18)10-19/h1-2,5-6,8,11,19H,3-4,7,9-10H2. The summed E-state index contributed by atoms with van der Waals surface area (Å²) in [6, 6.07) is 10.1. The van der Waals surface area contributed by atoms with Crippen LogP contribution in [0.5, 0.6) is 0 Å². The molecule has 1 unspecified atom stereocenters. The largest absolute Gasteiger partial charge is 0.396 e. The lowest BCUT2D eigenvalue weighted by atomic mass is 9.99. The third kappa shape index (κ3) is 2.53. The second kappa shape index (κ2) is 5.35. The van der Waals surface area contributed by atoms with Crippen LogP contribution in [-0.4, -0.2) is 29.8 Å². The molecular formula is C15H17ClN2O. The van der Waals surface area contributed by atoms with Crippen LogP contribution in [0.3, 0.4) is 0 Å². The Labute approximate surface area is 117 Å². The molecule has 1 aliphatic rings. The molecule has 19 heavy (non-hydrogen) atoms. The second-order valence-electron chi connectivity index (χ2n) is 5.13. The molecule has 0 amide bonds. The number of aliphatic hydroxyl groups is 1. The van der Waals surface area contributed by atoms with Crippen LogP contribution in [0, 0.1) is 5.92 Å². The minimum atomic E-state index is 0.248. The molecule has 4 heteroatoms. The first-order chi connectivity index (χ1) is 9.28. The number of hydrogen-bond acceptors (Lipinski definition) is 3. The van der Waals surface area contributed by atoms with Crippen LogP contribution in [0.15, 0.2) is 30.3 Å². The molecule has 0 spiro atoms. The molecule has 0 saturated carbocycles. The summed E-state index contributed by atoms with van der Waals surface area (Å²) in [6.45, 7) is 2.09. The van der Waals surface area contributed by atoms with Gasteiger partial charge in [0, 0.05) is 25.1 Å². The van der Waals surface area contributed by atoms with Crippen molar-refractivity contribution < 1.29 is 5.11 Å². The van der Waals surface area contributed by atoms with Crippen molar-refractivity contribution in [2.45, 2.75) is 12.8 Å². The number of benzene rings is 1. The van der Waals surface area contributed by atoms with Gasteiger partial charge in [-0.3, -0.25) is 0 Å². The van der Waals surface area contributed by atoms with Gasteiger partial charge in [0.1, 0.15) is 11.0 Å². The summed E-state index contributed by atoms with van der Waals surface area (Å²) < 4.78 is 0. The van der Waals surface area contributed by atoms with Gasteiger partial charge in [-0.1, -0.05) is 35.9 Å². The number of hydrogen-bond donors (Lipinski definition) is 1. The van der Waals surface area contributed by atoms with Gasteiger partial charge in [0.15, 0.2) is 0 Å². The fourth-order valence-corrected chi connectivity index (χ4v) is 2.99. The average molecular weight is 277 g/mol. The summed E-state index contributed by atoms with van der Waals surface area (Å²) in [5.41, 5.74) is 0. The van der Waals surface area contributed by atoms with E-state index in [4.69, 9.17) is 11.6 Å². The molecule has 2 heterocycles. The molecule has 0 radical (unpaired) electrons. The Morgan fingerprint density at radius 1 is 1.37 bits per heavy atom. The summed E-state index contributed by atoms with van der Waals surface area (Å²) >= 11 is 6.26. The number of fused-ring (bicyclic) bond motifs is 1. The fraction of sp³-hybridized carbons (Fsp3) is 0.400. The van der Waals surface area contributed by atoms with E-state index in [1.165, 1.54) is 0 Å². The topological polar surface area (TPSA) is 36.4 Å². The van der Waals surface area contributed by atoms with Crippen molar-refractivity contribution in [3.63, 3.8) is 0 Å². The van der Waals surface area contributed by atoms with Crippen molar-refractivity contribution in [2.24, 2.45) is 5.92 Å². The number of halogens is 1. The zero-order valence-electron chi connectivity index (χ0n) is 10.7. The van der Waals surface area contributed by atoms with Gasteiger partial charge < -0.3 is 10.0 Å². The number of aromatic nitrogens is 1. The van der Waals surface area contributed by atoms with Crippen LogP contribution in [0.4, 0.5) is 5.82 Å². The van der Waals surface area contributed by atoms with Gasteiger partial charge in [0.05, 0.1) is 0 Å². The molecule has 1 N–H and O–H groups in total. The van der Waals surface area contributed by atoms with Crippen LogP contribution in [0.25, 0.3) is 10.8 Å². The molecule has 3 rings (SSSR count). The molecule has 2 aromatic rings. The van der Waals surface area contributed by atoms with Crippen LogP contribution in [0.1, 0.15) is 12.8 Å². The summed E-state index contributed by atoms with van der Waals surface area (Å²) in [6.07, 6.45) is 2.19. The van der Waals surface area contributed by atoms with Crippen LogP contribution in [-0.2, 0) is 0 Å². The van der Waals surface area contributed by atoms with E-state index in [9.17, 15) is 5.11 Å². The highest BCUT2D eigenvalue weighted by atomic mass is 35.5. The maximum absolute atomic E-state index is 9.31. The Morgan fingerprint density at radius 2 is 2.21 bits per heavy atom. The zero-order valence-corrected chi connectivity index (χ0v) is 11.5. The number of aliphatic hydroxyl groups excluding tert-OH is 1. The maximum Gasteiger partial charge on any atom is 0.139 e. The predicted octanol–water partition coefficient (Wildman–Crippen LogP) is 3.10. The maximum atomic E-state index is 9.31. The van der Waals surface area contributed by atoms with E-state index in [0.717, 1.165) is 42.5 Å². The van der Waals surface area contributed by atoms with Gasteiger partial charge in [-0.15, -0.1) is 0 Å². The molecule has 0 bridgehead atoms. The molecule has 1 aliphatic heterocycles. The highest BCUT2D eigenvalue weighted by Crippen LogP contribution is 2.28. The lowest BCUT2D eigenvalue weighted by Gasteiger charge is -2.33. The van der Waals surface area contributed by atoms with E-state index in [0.29, 0.717) is 11.1 Å². The van der Waals surface area contributed by atoms with E-state index < -0.39 is 0 Å². The quantitative estimate of drug-likeness (QED) is 0.857. The molecule has 1 aromatic heterocycles. The molecule has 1 fully saturated rings. The highest BCUT2D eigenvalue weighted by molar-refractivity contribution is 6.34. The second-order valence-corrected chi connectivity index (χ2v) is 5.49. The monoisotopic (exact) mass is 276 g/mol. The molecule has 0 aliphatic carbocycles. The number of nitrogens with zero attached hydrogens (tertiary/aromatic N) is 2. The lowest BCUT2D eigenvalue weighted by Crippen LogP contribution is -2.37. The molecular weight excluding hydrogens is 260 g/mol. The zero-order chi connectivity index (χ0) is 13.2. The minimum Gasteiger partial charge on any atom is -0.396 e. The lowest BCUT2D eigenvalue weighted by molar-refractivity contribution is 0.208.